The Kier molecular flexibility index (Phi) is 3.09. The minimum absolute atomic E-state index is 0.343. The van der Waals surface area contributed by atoms with Gasteiger partial charge in [-0.15, -0.1) is 0 Å². The molecule has 1 heterocycles. The van der Waals surface area contributed by atoms with Crippen molar-refractivity contribution in [3.05, 3.63) is 0 Å². The van der Waals surface area contributed by atoms with Crippen LogP contribution in [-0.4, -0.2) is 24.2 Å². The predicted molar refractivity (Wildman–Crippen MR) is 45.2 cm³/mol. The molecule has 0 saturated carbocycles. The quantitative estimate of drug-likeness (QED) is 0.610. The van der Waals surface area contributed by atoms with E-state index in [9.17, 15) is 0 Å². The smallest absolute Gasteiger partial charge is 0.176 e. The molecule has 0 aromatic carbocycles. The van der Waals surface area contributed by atoms with Gasteiger partial charge in [-0.2, -0.15) is 0 Å². The van der Waals surface area contributed by atoms with Gasteiger partial charge in [-0.3, -0.25) is 0 Å². The van der Waals surface area contributed by atoms with Crippen molar-refractivity contribution in [2.24, 2.45) is 0 Å². The fourth-order valence-corrected chi connectivity index (χ4v) is 1.45. The van der Waals surface area contributed by atoms with Gasteiger partial charge in [-0.25, -0.2) is 0 Å². The lowest BCUT2D eigenvalue weighted by Gasteiger charge is -2.11. The third-order valence-electron chi connectivity index (χ3n) is 1.63. The van der Waals surface area contributed by atoms with Crippen LogP contribution in [0, 0.1) is 0 Å². The summed E-state index contributed by atoms with van der Waals surface area (Å²) in [5.41, 5.74) is 0. The third-order valence-corrected chi connectivity index (χ3v) is 2.03. The van der Waals surface area contributed by atoms with E-state index in [1.54, 1.807) is 0 Å². The Labute approximate surface area is 66.9 Å². The highest BCUT2D eigenvalue weighted by molar-refractivity contribution is 7.80. The molecule has 1 fully saturated rings. The molecule has 0 radical (unpaired) electrons. The van der Waals surface area contributed by atoms with Crippen LogP contribution in [0.3, 0.4) is 0 Å². The Morgan fingerprint density at radius 1 is 1.80 bits per heavy atom. The lowest BCUT2D eigenvalue weighted by Crippen LogP contribution is -2.30. The van der Waals surface area contributed by atoms with E-state index in [2.05, 4.69) is 5.32 Å². The van der Waals surface area contributed by atoms with Crippen molar-refractivity contribution >= 4 is 17.3 Å². The van der Waals surface area contributed by atoms with Gasteiger partial charge in [0.1, 0.15) is 0 Å². The molecule has 0 aromatic rings. The number of hydrogen-bond donors (Lipinski definition) is 1. The summed E-state index contributed by atoms with van der Waals surface area (Å²) in [7, 11) is 0. The summed E-state index contributed by atoms with van der Waals surface area (Å²) in [5.74, 6) is 0. The van der Waals surface area contributed by atoms with Crippen LogP contribution < -0.4 is 5.32 Å². The van der Waals surface area contributed by atoms with Gasteiger partial charge in [0.05, 0.1) is 12.6 Å². The third kappa shape index (κ3) is 1.92. The maximum absolute atomic E-state index is 5.19. The average molecular weight is 159 g/mol. The zero-order valence-electron chi connectivity index (χ0n) is 6.22. The van der Waals surface area contributed by atoms with Crippen LogP contribution >= 0.6 is 12.2 Å². The number of hydrogen-bond acceptors (Lipinski definition) is 3. The van der Waals surface area contributed by atoms with E-state index in [4.69, 9.17) is 17.0 Å². The van der Waals surface area contributed by atoms with Gasteiger partial charge >= 0.3 is 0 Å². The normalized spacial score (nSPS) is 24.7. The van der Waals surface area contributed by atoms with E-state index in [0.717, 1.165) is 18.0 Å². The molecule has 1 saturated heterocycles. The second kappa shape index (κ2) is 3.88. The van der Waals surface area contributed by atoms with Crippen LogP contribution in [-0.2, 0) is 4.74 Å². The van der Waals surface area contributed by atoms with Gasteiger partial charge < -0.3 is 10.1 Å². The van der Waals surface area contributed by atoms with Crippen molar-refractivity contribution in [3.8, 4) is 0 Å². The highest BCUT2D eigenvalue weighted by atomic mass is 32.1. The Hall–Kier alpha value is -0.150. The first kappa shape index (κ1) is 7.95. The molecule has 0 amide bonds. The second-order valence-electron chi connectivity index (χ2n) is 2.40. The van der Waals surface area contributed by atoms with E-state index in [1.807, 2.05) is 6.92 Å². The predicted octanol–water partition coefficient (Wildman–Crippen LogP) is 1.10. The Morgan fingerprint density at radius 2 is 2.60 bits per heavy atom. The van der Waals surface area contributed by atoms with Gasteiger partial charge in [0, 0.05) is 0 Å². The van der Waals surface area contributed by atoms with Crippen LogP contribution in [0.1, 0.15) is 19.8 Å². The van der Waals surface area contributed by atoms with Crippen LogP contribution in [0.5, 0.6) is 0 Å². The standard InChI is InChI=1S/C7H13NOS/c1-2-9-7(10)6-4-3-5-8-6/h6,8H,2-5H2,1H3/t6-/m0/s1. The van der Waals surface area contributed by atoms with Crippen LogP contribution in [0.4, 0.5) is 0 Å². The lowest BCUT2D eigenvalue weighted by molar-refractivity contribution is 0.318. The molecular formula is C7H13NOS. The lowest BCUT2D eigenvalue weighted by atomic mass is 10.2. The molecule has 0 aromatic heterocycles. The van der Waals surface area contributed by atoms with Crippen molar-refractivity contribution in [1.29, 1.82) is 0 Å². The summed E-state index contributed by atoms with van der Waals surface area (Å²) >= 11 is 5.03. The fourth-order valence-electron chi connectivity index (χ4n) is 1.13. The van der Waals surface area contributed by atoms with Gasteiger partial charge in [0.2, 0.25) is 0 Å². The molecular weight excluding hydrogens is 146 g/mol. The molecule has 0 unspecified atom stereocenters. The molecule has 1 atom stereocenters. The van der Waals surface area contributed by atoms with Gasteiger partial charge in [-0.1, -0.05) is 0 Å². The minimum atomic E-state index is 0.343. The molecule has 0 spiro atoms. The number of ether oxygens (including phenoxy) is 1. The van der Waals surface area contributed by atoms with Crippen molar-refractivity contribution < 1.29 is 4.74 Å². The number of nitrogens with one attached hydrogen (secondary N) is 1. The van der Waals surface area contributed by atoms with Crippen LogP contribution in [0.15, 0.2) is 0 Å². The van der Waals surface area contributed by atoms with Crippen LogP contribution in [0.2, 0.25) is 0 Å². The van der Waals surface area contributed by atoms with E-state index in [-0.39, 0.29) is 0 Å². The van der Waals surface area contributed by atoms with Crippen molar-refractivity contribution in [3.63, 3.8) is 0 Å². The molecule has 10 heavy (non-hydrogen) atoms. The zero-order chi connectivity index (χ0) is 7.40. The minimum Gasteiger partial charge on any atom is -0.486 e. The summed E-state index contributed by atoms with van der Waals surface area (Å²) in [4.78, 5) is 0. The van der Waals surface area contributed by atoms with Crippen molar-refractivity contribution in [1.82, 2.24) is 5.32 Å². The van der Waals surface area contributed by atoms with Gasteiger partial charge in [-0.05, 0) is 38.5 Å². The van der Waals surface area contributed by atoms with Crippen molar-refractivity contribution in [2.75, 3.05) is 13.2 Å². The highest BCUT2D eigenvalue weighted by Gasteiger charge is 2.18. The molecule has 1 aliphatic rings. The summed E-state index contributed by atoms with van der Waals surface area (Å²) in [5, 5.41) is 4.01. The number of thiocarbonyl (C=S) groups is 1. The van der Waals surface area contributed by atoms with E-state index in [1.165, 1.54) is 6.42 Å². The monoisotopic (exact) mass is 159 g/mol. The molecule has 1 N–H and O–H groups in total. The summed E-state index contributed by atoms with van der Waals surface area (Å²) in [6, 6.07) is 0.343. The van der Waals surface area contributed by atoms with E-state index in [0.29, 0.717) is 12.6 Å². The summed E-state index contributed by atoms with van der Waals surface area (Å²) < 4.78 is 5.19. The molecule has 58 valence electrons. The van der Waals surface area contributed by atoms with E-state index < -0.39 is 0 Å². The average Bonchev–Trinajstić information content (AvgIpc) is 2.38. The second-order valence-corrected chi connectivity index (χ2v) is 2.80. The van der Waals surface area contributed by atoms with E-state index >= 15 is 0 Å². The Bertz CT molecular complexity index is 121. The largest absolute Gasteiger partial charge is 0.486 e. The Balaban J connectivity index is 2.25. The summed E-state index contributed by atoms with van der Waals surface area (Å²) in [6.07, 6.45) is 2.36. The number of rotatable bonds is 2. The first-order chi connectivity index (χ1) is 4.84. The maximum atomic E-state index is 5.19. The first-order valence-corrected chi connectivity index (χ1v) is 4.15. The fraction of sp³-hybridized carbons (Fsp3) is 0.857. The highest BCUT2D eigenvalue weighted by Crippen LogP contribution is 2.07. The SMILES string of the molecule is CCOC(=S)[C@@H]1CCCN1. The zero-order valence-corrected chi connectivity index (χ0v) is 7.04. The maximum Gasteiger partial charge on any atom is 0.176 e. The molecule has 0 aliphatic carbocycles. The Morgan fingerprint density at radius 3 is 3.10 bits per heavy atom. The first-order valence-electron chi connectivity index (χ1n) is 3.74. The summed E-state index contributed by atoms with van der Waals surface area (Å²) in [6.45, 7) is 3.73. The topological polar surface area (TPSA) is 21.3 Å². The van der Waals surface area contributed by atoms with Crippen LogP contribution in [0.25, 0.3) is 0 Å². The van der Waals surface area contributed by atoms with Crippen molar-refractivity contribution in [2.45, 2.75) is 25.8 Å². The van der Waals surface area contributed by atoms with Gasteiger partial charge in [0.15, 0.2) is 5.05 Å². The molecule has 3 heteroatoms. The molecule has 0 bridgehead atoms. The molecule has 2 nitrogen and oxygen atoms in total. The van der Waals surface area contributed by atoms with Gasteiger partial charge in [0.25, 0.3) is 0 Å². The molecule has 1 aliphatic heterocycles. The molecule has 1 rings (SSSR count).